The molecule has 0 spiro atoms. The molecule has 0 saturated heterocycles. The van der Waals surface area contributed by atoms with Gasteiger partial charge in [0, 0.05) is 13.1 Å². The largest absolute Gasteiger partial charge is 0.508 e. The van der Waals surface area contributed by atoms with Gasteiger partial charge in [-0.15, -0.1) is 0 Å². The first-order chi connectivity index (χ1) is 7.60. The van der Waals surface area contributed by atoms with Gasteiger partial charge in [-0.25, -0.2) is 0 Å². The second-order valence-electron chi connectivity index (χ2n) is 3.27. The van der Waals surface area contributed by atoms with E-state index in [2.05, 4.69) is 0 Å². The number of phenolic OH excluding ortho intramolecular Hbond substituents is 1. The second kappa shape index (κ2) is 5.72. The Hall–Kier alpha value is -1.26. The molecule has 4 nitrogen and oxygen atoms in total. The van der Waals surface area contributed by atoms with Gasteiger partial charge in [-0.1, -0.05) is 11.6 Å². The molecule has 0 aliphatic heterocycles. The van der Waals surface area contributed by atoms with Crippen LogP contribution >= 0.6 is 11.6 Å². The zero-order valence-corrected chi connectivity index (χ0v) is 9.74. The summed E-state index contributed by atoms with van der Waals surface area (Å²) in [6.07, 6.45) is 0. The number of aromatic hydroxyl groups is 1. The van der Waals surface area contributed by atoms with Gasteiger partial charge in [0.2, 0.25) is 0 Å². The Bertz CT molecular complexity index is 381. The topological polar surface area (TPSA) is 60.8 Å². The minimum Gasteiger partial charge on any atom is -0.508 e. The molecule has 16 heavy (non-hydrogen) atoms. The van der Waals surface area contributed by atoms with Gasteiger partial charge in [-0.05, 0) is 25.1 Å². The highest BCUT2D eigenvalue weighted by molar-refractivity contribution is 6.33. The first kappa shape index (κ1) is 12.8. The number of aliphatic hydroxyl groups excluding tert-OH is 1. The van der Waals surface area contributed by atoms with E-state index < -0.39 is 0 Å². The van der Waals surface area contributed by atoms with E-state index in [0.29, 0.717) is 11.6 Å². The molecule has 2 N–H and O–H groups in total. The SMILES string of the molecule is CCN(CCO)C(=O)c1cc(O)ccc1Cl. The standard InChI is InChI=1S/C11H14ClNO3/c1-2-13(5-6-14)11(16)9-7-8(15)3-4-10(9)12/h3-4,7,14-15H,2,5-6H2,1H3. The molecule has 88 valence electrons. The molecule has 1 rings (SSSR count). The number of carbonyl (C=O) groups excluding carboxylic acids is 1. The van der Waals surface area contributed by atoms with Crippen molar-refractivity contribution in [3.05, 3.63) is 28.8 Å². The maximum Gasteiger partial charge on any atom is 0.255 e. The Morgan fingerprint density at radius 1 is 1.50 bits per heavy atom. The van der Waals surface area contributed by atoms with Crippen LogP contribution in [-0.2, 0) is 0 Å². The van der Waals surface area contributed by atoms with E-state index >= 15 is 0 Å². The summed E-state index contributed by atoms with van der Waals surface area (Å²) in [5.74, 6) is -0.301. The summed E-state index contributed by atoms with van der Waals surface area (Å²) in [7, 11) is 0. The van der Waals surface area contributed by atoms with E-state index in [-0.39, 0.29) is 30.4 Å². The van der Waals surface area contributed by atoms with Gasteiger partial charge >= 0.3 is 0 Å². The van der Waals surface area contributed by atoms with Crippen molar-refractivity contribution in [3.63, 3.8) is 0 Å². The van der Waals surface area contributed by atoms with Crippen molar-refractivity contribution < 1.29 is 15.0 Å². The van der Waals surface area contributed by atoms with E-state index in [1.165, 1.54) is 23.1 Å². The third-order valence-corrected chi connectivity index (χ3v) is 2.55. The fourth-order valence-corrected chi connectivity index (χ4v) is 1.57. The Labute approximate surface area is 99.1 Å². The number of rotatable bonds is 4. The van der Waals surface area contributed by atoms with Crippen molar-refractivity contribution in [2.24, 2.45) is 0 Å². The molecule has 0 aromatic heterocycles. The number of amides is 1. The Morgan fingerprint density at radius 2 is 2.19 bits per heavy atom. The fraction of sp³-hybridized carbons (Fsp3) is 0.364. The van der Waals surface area contributed by atoms with Crippen LogP contribution in [0.2, 0.25) is 5.02 Å². The summed E-state index contributed by atoms with van der Waals surface area (Å²) in [6, 6.07) is 4.21. The summed E-state index contributed by atoms with van der Waals surface area (Å²) in [6.45, 7) is 2.44. The average molecular weight is 244 g/mol. The number of benzene rings is 1. The number of hydrogen-bond acceptors (Lipinski definition) is 3. The summed E-state index contributed by atoms with van der Waals surface area (Å²) in [4.78, 5) is 13.4. The molecule has 1 amide bonds. The normalized spacial score (nSPS) is 10.2. The van der Waals surface area contributed by atoms with Crippen LogP contribution in [0.5, 0.6) is 5.75 Å². The highest BCUT2D eigenvalue weighted by Crippen LogP contribution is 2.22. The predicted octanol–water partition coefficient (Wildman–Crippen LogP) is 1.50. The summed E-state index contributed by atoms with van der Waals surface area (Å²) in [5.41, 5.74) is 0.247. The molecule has 0 unspecified atom stereocenters. The molecule has 1 aromatic carbocycles. The van der Waals surface area contributed by atoms with Crippen LogP contribution in [0.3, 0.4) is 0 Å². The fourth-order valence-electron chi connectivity index (χ4n) is 1.37. The molecule has 0 saturated carbocycles. The lowest BCUT2D eigenvalue weighted by molar-refractivity contribution is 0.0732. The van der Waals surface area contributed by atoms with Crippen LogP contribution in [-0.4, -0.2) is 40.7 Å². The summed E-state index contributed by atoms with van der Waals surface area (Å²) < 4.78 is 0. The van der Waals surface area contributed by atoms with E-state index in [1.807, 2.05) is 6.92 Å². The molecule has 1 aromatic rings. The maximum atomic E-state index is 12.0. The van der Waals surface area contributed by atoms with E-state index in [1.54, 1.807) is 0 Å². The van der Waals surface area contributed by atoms with Gasteiger partial charge in [-0.2, -0.15) is 0 Å². The van der Waals surface area contributed by atoms with Crippen LogP contribution in [0.1, 0.15) is 17.3 Å². The van der Waals surface area contributed by atoms with Gasteiger partial charge in [0.25, 0.3) is 5.91 Å². The molecule has 0 radical (unpaired) electrons. The lowest BCUT2D eigenvalue weighted by Crippen LogP contribution is -2.33. The van der Waals surface area contributed by atoms with E-state index in [4.69, 9.17) is 16.7 Å². The van der Waals surface area contributed by atoms with Crippen molar-refractivity contribution in [1.82, 2.24) is 4.90 Å². The van der Waals surface area contributed by atoms with Crippen LogP contribution in [0.4, 0.5) is 0 Å². The van der Waals surface area contributed by atoms with Crippen molar-refractivity contribution >= 4 is 17.5 Å². The van der Waals surface area contributed by atoms with Crippen molar-refractivity contribution in [3.8, 4) is 5.75 Å². The Morgan fingerprint density at radius 3 is 2.75 bits per heavy atom. The minimum absolute atomic E-state index is 0.00667. The first-order valence-corrected chi connectivity index (χ1v) is 5.36. The molecular formula is C11H14ClNO3. The number of carbonyl (C=O) groups is 1. The van der Waals surface area contributed by atoms with Gasteiger partial charge in [0.15, 0.2) is 0 Å². The molecule has 0 fully saturated rings. The zero-order valence-electron chi connectivity index (χ0n) is 8.98. The van der Waals surface area contributed by atoms with E-state index in [0.717, 1.165) is 0 Å². The number of aliphatic hydroxyl groups is 1. The summed E-state index contributed by atoms with van der Waals surface area (Å²) >= 11 is 5.87. The van der Waals surface area contributed by atoms with Crippen molar-refractivity contribution in [2.75, 3.05) is 19.7 Å². The number of likely N-dealkylation sites (N-methyl/N-ethyl adjacent to an activating group) is 1. The lowest BCUT2D eigenvalue weighted by atomic mass is 10.2. The first-order valence-electron chi connectivity index (χ1n) is 4.98. The second-order valence-corrected chi connectivity index (χ2v) is 3.68. The average Bonchev–Trinajstić information content (AvgIpc) is 2.28. The zero-order chi connectivity index (χ0) is 12.1. The molecule has 0 atom stereocenters. The third-order valence-electron chi connectivity index (χ3n) is 2.22. The molecule has 5 heteroatoms. The van der Waals surface area contributed by atoms with E-state index in [9.17, 15) is 9.90 Å². The number of hydrogen-bond donors (Lipinski definition) is 2. The molecule has 0 heterocycles. The molecule has 0 aliphatic rings. The summed E-state index contributed by atoms with van der Waals surface area (Å²) in [5, 5.41) is 18.4. The maximum absolute atomic E-state index is 12.0. The highest BCUT2D eigenvalue weighted by Gasteiger charge is 2.17. The van der Waals surface area contributed by atoms with Crippen molar-refractivity contribution in [2.45, 2.75) is 6.92 Å². The molecule has 0 bridgehead atoms. The van der Waals surface area contributed by atoms with Crippen LogP contribution in [0.25, 0.3) is 0 Å². The minimum atomic E-state index is -0.294. The number of halogens is 1. The lowest BCUT2D eigenvalue weighted by Gasteiger charge is -2.20. The Kier molecular flexibility index (Phi) is 4.58. The van der Waals surface area contributed by atoms with Crippen LogP contribution in [0, 0.1) is 0 Å². The van der Waals surface area contributed by atoms with Crippen LogP contribution in [0.15, 0.2) is 18.2 Å². The van der Waals surface area contributed by atoms with Crippen LogP contribution < -0.4 is 0 Å². The molecular weight excluding hydrogens is 230 g/mol. The van der Waals surface area contributed by atoms with Gasteiger partial charge in [-0.3, -0.25) is 4.79 Å². The monoisotopic (exact) mass is 243 g/mol. The Balaban J connectivity index is 2.98. The molecule has 0 aliphatic carbocycles. The smallest absolute Gasteiger partial charge is 0.255 e. The van der Waals surface area contributed by atoms with Gasteiger partial charge in [0.1, 0.15) is 5.75 Å². The van der Waals surface area contributed by atoms with Gasteiger partial charge in [0.05, 0.1) is 17.2 Å². The quantitative estimate of drug-likeness (QED) is 0.843. The van der Waals surface area contributed by atoms with Crippen molar-refractivity contribution in [1.29, 1.82) is 0 Å². The number of phenols is 1. The third kappa shape index (κ3) is 2.87. The van der Waals surface area contributed by atoms with Gasteiger partial charge < -0.3 is 15.1 Å². The highest BCUT2D eigenvalue weighted by atomic mass is 35.5. The predicted molar refractivity (Wildman–Crippen MR) is 61.8 cm³/mol. The number of nitrogens with zero attached hydrogens (tertiary/aromatic N) is 1.